The van der Waals surface area contributed by atoms with Crippen molar-refractivity contribution >= 4 is 16.9 Å². The molecule has 6 nitrogen and oxygen atoms in total. The van der Waals surface area contributed by atoms with Crippen LogP contribution < -0.4 is 16.4 Å². The van der Waals surface area contributed by atoms with Gasteiger partial charge in [0.1, 0.15) is 0 Å². The Hall–Kier alpha value is -3.15. The van der Waals surface area contributed by atoms with E-state index >= 15 is 0 Å². The number of H-pyrrole nitrogens is 2. The summed E-state index contributed by atoms with van der Waals surface area (Å²) in [6.07, 6.45) is 0. The number of fused-ring (bicyclic) bond motifs is 1. The van der Waals surface area contributed by atoms with E-state index < -0.39 is 11.1 Å². The third-order valence-electron chi connectivity index (χ3n) is 3.28. The van der Waals surface area contributed by atoms with Crippen LogP contribution >= 0.6 is 0 Å². The van der Waals surface area contributed by atoms with Gasteiger partial charge in [0.2, 0.25) is 0 Å². The zero-order chi connectivity index (χ0) is 15.5. The Bertz CT molecular complexity index is 942. The topological polar surface area (TPSA) is 94.8 Å². The Morgan fingerprint density at radius 1 is 0.909 bits per heavy atom. The minimum atomic E-state index is -0.741. The summed E-state index contributed by atoms with van der Waals surface area (Å²) >= 11 is 0. The van der Waals surface area contributed by atoms with E-state index in [2.05, 4.69) is 15.3 Å². The van der Waals surface area contributed by atoms with Crippen LogP contribution in [0.3, 0.4) is 0 Å². The number of benzene rings is 2. The minimum Gasteiger partial charge on any atom is -0.348 e. The normalized spacial score (nSPS) is 10.5. The number of amides is 1. The molecule has 1 amide bonds. The summed E-state index contributed by atoms with van der Waals surface area (Å²) in [6.45, 7) is 0.417. The highest BCUT2D eigenvalue weighted by molar-refractivity contribution is 5.97. The van der Waals surface area contributed by atoms with E-state index in [1.807, 2.05) is 30.3 Å². The van der Waals surface area contributed by atoms with Crippen molar-refractivity contribution in [1.82, 2.24) is 15.3 Å². The molecule has 3 rings (SSSR count). The monoisotopic (exact) mass is 295 g/mol. The van der Waals surface area contributed by atoms with Crippen molar-refractivity contribution in [1.29, 1.82) is 0 Å². The summed E-state index contributed by atoms with van der Waals surface area (Å²) in [4.78, 5) is 39.6. The summed E-state index contributed by atoms with van der Waals surface area (Å²) in [5.74, 6) is -0.252. The third-order valence-corrected chi connectivity index (χ3v) is 3.28. The molecule has 0 saturated heterocycles. The fraction of sp³-hybridized carbons (Fsp3) is 0.0625. The third kappa shape index (κ3) is 2.80. The lowest BCUT2D eigenvalue weighted by Crippen LogP contribution is -2.29. The lowest BCUT2D eigenvalue weighted by Gasteiger charge is -2.06. The van der Waals surface area contributed by atoms with E-state index in [1.165, 1.54) is 6.07 Å². The van der Waals surface area contributed by atoms with Crippen LogP contribution in [0.15, 0.2) is 58.1 Å². The smallest absolute Gasteiger partial charge is 0.314 e. The number of aromatic amines is 2. The average Bonchev–Trinajstić information content (AvgIpc) is 2.54. The minimum absolute atomic E-state index is 0.252. The number of aromatic nitrogens is 2. The van der Waals surface area contributed by atoms with Gasteiger partial charge in [-0.25, -0.2) is 0 Å². The molecule has 0 radical (unpaired) electrons. The van der Waals surface area contributed by atoms with E-state index in [4.69, 9.17) is 0 Å². The molecule has 3 aromatic rings. The Balaban J connectivity index is 1.83. The molecule has 1 aromatic heterocycles. The lowest BCUT2D eigenvalue weighted by molar-refractivity contribution is 0.0951. The number of hydrogen-bond acceptors (Lipinski definition) is 3. The fourth-order valence-corrected chi connectivity index (χ4v) is 2.14. The van der Waals surface area contributed by atoms with Crippen molar-refractivity contribution < 1.29 is 4.79 Å². The maximum absolute atomic E-state index is 12.1. The van der Waals surface area contributed by atoms with Crippen molar-refractivity contribution in [3.8, 4) is 0 Å². The number of carbonyl (C=O) groups is 1. The molecule has 1 heterocycles. The lowest BCUT2D eigenvalue weighted by atomic mass is 10.1. The zero-order valence-corrected chi connectivity index (χ0v) is 11.6. The van der Waals surface area contributed by atoms with Crippen molar-refractivity contribution in [2.45, 2.75) is 6.54 Å². The zero-order valence-electron chi connectivity index (χ0n) is 11.6. The SMILES string of the molecule is O=C(NCc1ccccc1)c1ccc2[nH]c(=O)c(=O)[nH]c2c1. The number of hydrogen-bond donors (Lipinski definition) is 3. The van der Waals surface area contributed by atoms with E-state index in [-0.39, 0.29) is 5.91 Å². The molecule has 0 aliphatic heterocycles. The van der Waals surface area contributed by atoms with E-state index in [0.29, 0.717) is 23.1 Å². The Labute approximate surface area is 124 Å². The van der Waals surface area contributed by atoms with Crippen LogP contribution in [0.25, 0.3) is 11.0 Å². The number of carbonyl (C=O) groups excluding carboxylic acids is 1. The Morgan fingerprint density at radius 3 is 2.32 bits per heavy atom. The van der Waals surface area contributed by atoms with Crippen molar-refractivity contribution in [3.05, 3.63) is 80.4 Å². The highest BCUT2D eigenvalue weighted by atomic mass is 16.2. The van der Waals surface area contributed by atoms with Gasteiger partial charge in [0.15, 0.2) is 0 Å². The second-order valence-corrected chi connectivity index (χ2v) is 4.84. The Kier molecular flexibility index (Phi) is 3.57. The van der Waals surface area contributed by atoms with Crippen molar-refractivity contribution in [2.75, 3.05) is 0 Å². The molecule has 0 unspecified atom stereocenters. The molecule has 0 aliphatic carbocycles. The molecule has 2 aromatic carbocycles. The van der Waals surface area contributed by atoms with Gasteiger partial charge in [0.05, 0.1) is 11.0 Å². The molecule has 3 N–H and O–H groups in total. The number of rotatable bonds is 3. The highest BCUT2D eigenvalue weighted by Crippen LogP contribution is 2.09. The molecular formula is C16H13N3O3. The Morgan fingerprint density at radius 2 is 1.59 bits per heavy atom. The van der Waals surface area contributed by atoms with Crippen LogP contribution in [0.5, 0.6) is 0 Å². The van der Waals surface area contributed by atoms with Crippen LogP contribution in [0, 0.1) is 0 Å². The van der Waals surface area contributed by atoms with Gasteiger partial charge in [-0.1, -0.05) is 30.3 Å². The molecule has 6 heteroatoms. The quantitative estimate of drug-likeness (QED) is 0.632. The second kappa shape index (κ2) is 5.69. The summed E-state index contributed by atoms with van der Waals surface area (Å²) in [5.41, 5.74) is 0.838. The molecule has 0 atom stereocenters. The molecular weight excluding hydrogens is 282 g/mol. The molecule has 22 heavy (non-hydrogen) atoms. The van der Waals surface area contributed by atoms with E-state index in [1.54, 1.807) is 12.1 Å². The standard InChI is InChI=1S/C16H13N3O3/c20-14(17-9-10-4-2-1-3-5-10)11-6-7-12-13(8-11)19-16(22)15(21)18-12/h1-8H,9H2,(H,17,20)(H,18,21)(H,19,22). The first-order valence-corrected chi connectivity index (χ1v) is 6.72. The fourth-order valence-electron chi connectivity index (χ4n) is 2.14. The van der Waals surface area contributed by atoms with Crippen LogP contribution in [-0.4, -0.2) is 15.9 Å². The van der Waals surface area contributed by atoms with Crippen LogP contribution in [-0.2, 0) is 6.54 Å². The molecule has 0 bridgehead atoms. The molecule has 0 aliphatic rings. The van der Waals surface area contributed by atoms with Gasteiger partial charge in [-0.05, 0) is 23.8 Å². The summed E-state index contributed by atoms with van der Waals surface area (Å²) < 4.78 is 0. The van der Waals surface area contributed by atoms with Crippen LogP contribution in [0.1, 0.15) is 15.9 Å². The maximum Gasteiger partial charge on any atom is 0.314 e. The van der Waals surface area contributed by atoms with E-state index in [9.17, 15) is 14.4 Å². The van der Waals surface area contributed by atoms with Crippen molar-refractivity contribution in [2.24, 2.45) is 0 Å². The highest BCUT2D eigenvalue weighted by Gasteiger charge is 2.07. The number of nitrogens with one attached hydrogen (secondary N) is 3. The first kappa shape index (κ1) is 13.8. The van der Waals surface area contributed by atoms with Gasteiger partial charge >= 0.3 is 11.1 Å². The van der Waals surface area contributed by atoms with Gasteiger partial charge < -0.3 is 15.3 Å². The van der Waals surface area contributed by atoms with Gasteiger partial charge in [0, 0.05) is 12.1 Å². The summed E-state index contributed by atoms with van der Waals surface area (Å²) in [5, 5.41) is 2.80. The molecule has 0 saturated carbocycles. The van der Waals surface area contributed by atoms with Gasteiger partial charge in [-0.2, -0.15) is 0 Å². The van der Waals surface area contributed by atoms with Crippen LogP contribution in [0.4, 0.5) is 0 Å². The summed E-state index contributed by atoms with van der Waals surface area (Å²) in [7, 11) is 0. The maximum atomic E-state index is 12.1. The molecule has 0 fully saturated rings. The van der Waals surface area contributed by atoms with Gasteiger partial charge in [0.25, 0.3) is 5.91 Å². The molecule has 110 valence electrons. The van der Waals surface area contributed by atoms with Crippen LogP contribution in [0.2, 0.25) is 0 Å². The van der Waals surface area contributed by atoms with Crippen molar-refractivity contribution in [3.63, 3.8) is 0 Å². The first-order valence-electron chi connectivity index (χ1n) is 6.72. The van der Waals surface area contributed by atoms with Gasteiger partial charge in [-0.15, -0.1) is 0 Å². The predicted molar refractivity (Wildman–Crippen MR) is 82.8 cm³/mol. The first-order chi connectivity index (χ1) is 10.6. The predicted octanol–water partition coefficient (Wildman–Crippen LogP) is 1.15. The van der Waals surface area contributed by atoms with Gasteiger partial charge in [-0.3, -0.25) is 14.4 Å². The largest absolute Gasteiger partial charge is 0.348 e. The summed E-state index contributed by atoms with van der Waals surface area (Å²) in [6, 6.07) is 14.3. The van der Waals surface area contributed by atoms with E-state index in [0.717, 1.165) is 5.56 Å². The second-order valence-electron chi connectivity index (χ2n) is 4.84. The average molecular weight is 295 g/mol. The molecule has 0 spiro atoms.